The van der Waals surface area contributed by atoms with Crippen LogP contribution in [0.3, 0.4) is 0 Å². The summed E-state index contributed by atoms with van der Waals surface area (Å²) >= 11 is 0. The van der Waals surface area contributed by atoms with E-state index < -0.39 is 0 Å². The normalized spacial score (nSPS) is 15.2. The van der Waals surface area contributed by atoms with Gasteiger partial charge in [-0.3, -0.25) is 9.89 Å². The molecule has 7 nitrogen and oxygen atoms in total. The first kappa shape index (κ1) is 22.2. The molecular weight excluding hydrogens is 380 g/mol. The average Bonchev–Trinajstić information content (AvgIpc) is 3.30. The molecule has 0 unspecified atom stereocenters. The smallest absolute Gasteiger partial charge is 0.193 e. The molecule has 2 aromatic rings. The van der Waals surface area contributed by atoms with Crippen LogP contribution in [0.15, 0.2) is 58.1 Å². The van der Waals surface area contributed by atoms with Gasteiger partial charge in [0, 0.05) is 46.2 Å². The topological polar surface area (TPSA) is 62.5 Å². The maximum absolute atomic E-state index is 5.84. The molecule has 0 spiro atoms. The molecule has 3 rings (SSSR count). The van der Waals surface area contributed by atoms with E-state index in [2.05, 4.69) is 22.2 Å². The molecule has 1 saturated heterocycles. The van der Waals surface area contributed by atoms with Gasteiger partial charge in [0.15, 0.2) is 5.96 Å². The Kier molecular flexibility index (Phi) is 9.56. The third kappa shape index (κ3) is 8.08. The molecule has 1 N–H and O–H groups in total. The summed E-state index contributed by atoms with van der Waals surface area (Å²) in [5, 5.41) is 3.47. The number of hydrogen-bond donors (Lipinski definition) is 1. The van der Waals surface area contributed by atoms with E-state index in [-0.39, 0.29) is 0 Å². The van der Waals surface area contributed by atoms with Crippen molar-refractivity contribution in [1.82, 2.24) is 15.1 Å². The van der Waals surface area contributed by atoms with Gasteiger partial charge < -0.3 is 24.1 Å². The highest BCUT2D eigenvalue weighted by molar-refractivity contribution is 5.79. The fraction of sp³-hybridized carbons (Fsp3) is 0.522. The Balaban J connectivity index is 1.44. The molecule has 1 aliphatic rings. The van der Waals surface area contributed by atoms with E-state index in [9.17, 15) is 0 Å². The zero-order chi connectivity index (χ0) is 20.9. The van der Waals surface area contributed by atoms with Crippen molar-refractivity contribution < 1.29 is 13.9 Å². The summed E-state index contributed by atoms with van der Waals surface area (Å²) in [7, 11) is 2.05. The van der Waals surface area contributed by atoms with Crippen LogP contribution in [0.4, 0.5) is 0 Å². The van der Waals surface area contributed by atoms with Gasteiger partial charge in [-0.1, -0.05) is 18.2 Å². The highest BCUT2D eigenvalue weighted by atomic mass is 16.5. The van der Waals surface area contributed by atoms with Gasteiger partial charge >= 0.3 is 0 Å². The summed E-state index contributed by atoms with van der Waals surface area (Å²) in [4.78, 5) is 9.41. The standard InChI is InChI=1S/C23H34N4O3/c1-26(14-20-30-21-7-3-2-4-8-21)23(25-12-10-22-9-5-17-29-22)24-11-6-13-27-15-18-28-19-16-27/h2-5,7-9,17H,6,10-16,18-20H2,1H3,(H,24,25). The van der Waals surface area contributed by atoms with Crippen LogP contribution in [0.5, 0.6) is 5.75 Å². The van der Waals surface area contributed by atoms with Gasteiger partial charge in [-0.15, -0.1) is 0 Å². The molecule has 164 valence electrons. The van der Waals surface area contributed by atoms with Crippen molar-refractivity contribution in [3.63, 3.8) is 0 Å². The molecule has 7 heteroatoms. The maximum Gasteiger partial charge on any atom is 0.193 e. The first-order valence-electron chi connectivity index (χ1n) is 10.8. The molecule has 1 aromatic heterocycles. The Labute approximate surface area is 179 Å². The molecule has 0 aliphatic carbocycles. The van der Waals surface area contributed by atoms with E-state index in [4.69, 9.17) is 18.9 Å². The highest BCUT2D eigenvalue weighted by Crippen LogP contribution is 2.08. The number of aliphatic imine (C=N–C) groups is 1. The second-order valence-corrected chi connectivity index (χ2v) is 7.35. The summed E-state index contributed by atoms with van der Waals surface area (Å²) in [6.45, 7) is 7.72. The molecule has 1 aromatic carbocycles. The number of para-hydroxylation sites is 1. The molecule has 30 heavy (non-hydrogen) atoms. The van der Waals surface area contributed by atoms with Gasteiger partial charge in [-0.2, -0.15) is 0 Å². The first-order valence-corrected chi connectivity index (χ1v) is 10.8. The summed E-state index contributed by atoms with van der Waals surface area (Å²) in [6.07, 6.45) is 3.58. The van der Waals surface area contributed by atoms with Crippen LogP contribution in [-0.4, -0.2) is 81.9 Å². The monoisotopic (exact) mass is 414 g/mol. The van der Waals surface area contributed by atoms with E-state index in [0.29, 0.717) is 6.61 Å². The number of benzene rings is 1. The van der Waals surface area contributed by atoms with E-state index in [1.54, 1.807) is 6.26 Å². The van der Waals surface area contributed by atoms with Crippen molar-refractivity contribution in [2.24, 2.45) is 4.99 Å². The zero-order valence-corrected chi connectivity index (χ0v) is 18.0. The lowest BCUT2D eigenvalue weighted by molar-refractivity contribution is 0.0377. The number of furan rings is 1. The molecule has 0 radical (unpaired) electrons. The van der Waals surface area contributed by atoms with Crippen LogP contribution in [0.25, 0.3) is 0 Å². The van der Waals surface area contributed by atoms with Gasteiger partial charge in [0.25, 0.3) is 0 Å². The Hall–Kier alpha value is -2.51. The van der Waals surface area contributed by atoms with Crippen LogP contribution < -0.4 is 10.1 Å². The molecule has 0 amide bonds. The third-order valence-corrected chi connectivity index (χ3v) is 5.03. The fourth-order valence-electron chi connectivity index (χ4n) is 3.29. The van der Waals surface area contributed by atoms with Crippen molar-refractivity contribution in [3.05, 3.63) is 54.5 Å². The van der Waals surface area contributed by atoms with Crippen molar-refractivity contribution >= 4 is 5.96 Å². The number of nitrogens with zero attached hydrogens (tertiary/aromatic N) is 3. The number of hydrogen-bond acceptors (Lipinski definition) is 5. The largest absolute Gasteiger partial charge is 0.492 e. The van der Waals surface area contributed by atoms with Crippen LogP contribution in [0.2, 0.25) is 0 Å². The molecule has 1 fully saturated rings. The van der Waals surface area contributed by atoms with Gasteiger partial charge in [0.2, 0.25) is 0 Å². The van der Waals surface area contributed by atoms with Crippen molar-refractivity contribution in [3.8, 4) is 5.75 Å². The summed E-state index contributed by atoms with van der Waals surface area (Å²) < 4.78 is 16.7. The Bertz CT molecular complexity index is 715. The quantitative estimate of drug-likeness (QED) is 0.346. The maximum atomic E-state index is 5.84. The predicted octanol–water partition coefficient (Wildman–Crippen LogP) is 2.50. The lowest BCUT2D eigenvalue weighted by Gasteiger charge is -2.26. The number of guanidine groups is 1. The predicted molar refractivity (Wildman–Crippen MR) is 119 cm³/mol. The van der Waals surface area contributed by atoms with Gasteiger partial charge in [0.1, 0.15) is 18.1 Å². The minimum absolute atomic E-state index is 0.604. The molecule has 1 aliphatic heterocycles. The Morgan fingerprint density at radius 3 is 2.77 bits per heavy atom. The van der Waals surface area contributed by atoms with Gasteiger partial charge in [-0.25, -0.2) is 0 Å². The molecule has 0 saturated carbocycles. The molecule has 0 atom stereocenters. The Morgan fingerprint density at radius 2 is 2.00 bits per heavy atom. The van der Waals surface area contributed by atoms with E-state index >= 15 is 0 Å². The lowest BCUT2D eigenvalue weighted by atomic mass is 10.3. The van der Waals surface area contributed by atoms with E-state index in [1.807, 2.05) is 42.5 Å². The third-order valence-electron chi connectivity index (χ3n) is 5.03. The van der Waals surface area contributed by atoms with Crippen molar-refractivity contribution in [2.75, 3.05) is 66.1 Å². The van der Waals surface area contributed by atoms with Crippen LogP contribution in [0.1, 0.15) is 12.2 Å². The molecule has 2 heterocycles. The Morgan fingerprint density at radius 1 is 1.17 bits per heavy atom. The van der Waals surface area contributed by atoms with Crippen molar-refractivity contribution in [1.29, 1.82) is 0 Å². The summed E-state index contributed by atoms with van der Waals surface area (Å²) in [5.41, 5.74) is 0. The number of ether oxygens (including phenoxy) is 2. The van der Waals surface area contributed by atoms with Gasteiger partial charge in [-0.05, 0) is 30.7 Å². The summed E-state index contributed by atoms with van der Waals surface area (Å²) in [5.74, 6) is 2.77. The lowest BCUT2D eigenvalue weighted by Crippen LogP contribution is -2.42. The number of likely N-dealkylation sites (N-methyl/N-ethyl adjacent to an activating group) is 1. The van der Waals surface area contributed by atoms with Gasteiger partial charge in [0.05, 0.1) is 26.0 Å². The van der Waals surface area contributed by atoms with Crippen LogP contribution in [0, 0.1) is 0 Å². The number of rotatable bonds is 11. The average molecular weight is 415 g/mol. The SMILES string of the molecule is CN(CCOc1ccccc1)C(=NCCCN1CCOCC1)NCCc1ccco1. The first-order chi connectivity index (χ1) is 14.8. The minimum Gasteiger partial charge on any atom is -0.492 e. The van der Waals surface area contributed by atoms with E-state index in [0.717, 1.165) is 82.8 Å². The zero-order valence-electron chi connectivity index (χ0n) is 18.0. The highest BCUT2D eigenvalue weighted by Gasteiger charge is 2.10. The van der Waals surface area contributed by atoms with E-state index in [1.165, 1.54) is 0 Å². The summed E-state index contributed by atoms with van der Waals surface area (Å²) in [6, 6.07) is 13.8. The van der Waals surface area contributed by atoms with Crippen LogP contribution >= 0.6 is 0 Å². The van der Waals surface area contributed by atoms with Crippen molar-refractivity contribution in [2.45, 2.75) is 12.8 Å². The second kappa shape index (κ2) is 12.9. The number of morpholine rings is 1. The molecular formula is C23H34N4O3. The number of nitrogens with one attached hydrogen (secondary N) is 1. The fourth-order valence-corrected chi connectivity index (χ4v) is 3.29. The van der Waals surface area contributed by atoms with Crippen LogP contribution in [-0.2, 0) is 11.2 Å². The molecule has 0 bridgehead atoms. The second-order valence-electron chi connectivity index (χ2n) is 7.35. The minimum atomic E-state index is 0.604.